The molecular weight excluding hydrogens is 120 g/mol. The Morgan fingerprint density at radius 2 is 2.33 bits per heavy atom. The molecule has 0 aromatic rings. The molecule has 0 aromatic heterocycles. The van der Waals surface area contributed by atoms with Gasteiger partial charge in [0.15, 0.2) is 12.1 Å². The van der Waals surface area contributed by atoms with Gasteiger partial charge in [-0.3, -0.25) is 4.79 Å². The summed E-state index contributed by atoms with van der Waals surface area (Å²) < 4.78 is 4.42. The fraction of sp³-hybridized carbons (Fsp3) is 0.500. The van der Waals surface area contributed by atoms with Crippen LogP contribution in [0.4, 0.5) is 0 Å². The Balaban J connectivity index is 3.56. The van der Waals surface area contributed by atoms with E-state index < -0.39 is 6.29 Å². The van der Waals surface area contributed by atoms with Crippen molar-refractivity contribution in [3.8, 4) is 0 Å². The molecule has 3 heteroatoms. The van der Waals surface area contributed by atoms with Crippen LogP contribution in [-0.2, 0) is 9.53 Å². The van der Waals surface area contributed by atoms with E-state index in [9.17, 15) is 4.79 Å². The molecule has 1 atom stereocenters. The fourth-order valence-corrected chi connectivity index (χ4v) is 0.296. The Bertz CT molecular complexity index is 117. The van der Waals surface area contributed by atoms with Crippen LogP contribution in [0.2, 0.25) is 0 Å². The predicted molar refractivity (Wildman–Crippen MR) is 32.8 cm³/mol. The third-order valence-electron chi connectivity index (χ3n) is 0.737. The summed E-state index contributed by atoms with van der Waals surface area (Å²) in [7, 11) is 1.36. The number of ketones is 1. The molecule has 0 spiro atoms. The van der Waals surface area contributed by atoms with Crippen molar-refractivity contribution in [2.24, 2.45) is 0 Å². The lowest BCUT2D eigenvalue weighted by molar-refractivity contribution is -0.112. The van der Waals surface area contributed by atoms with Crippen molar-refractivity contribution < 1.29 is 14.6 Å². The lowest BCUT2D eigenvalue weighted by atomic mass is 10.4. The minimum absolute atomic E-state index is 0.105. The van der Waals surface area contributed by atoms with Gasteiger partial charge in [0.05, 0.1) is 0 Å². The highest BCUT2D eigenvalue weighted by Gasteiger charge is 1.91. The van der Waals surface area contributed by atoms with Crippen molar-refractivity contribution in [1.29, 1.82) is 0 Å². The van der Waals surface area contributed by atoms with Crippen LogP contribution >= 0.6 is 0 Å². The van der Waals surface area contributed by atoms with E-state index in [0.717, 1.165) is 0 Å². The minimum atomic E-state index is -0.964. The van der Waals surface area contributed by atoms with Gasteiger partial charge in [0.1, 0.15) is 0 Å². The van der Waals surface area contributed by atoms with Crippen molar-refractivity contribution in [3.05, 3.63) is 12.2 Å². The van der Waals surface area contributed by atoms with Crippen molar-refractivity contribution in [3.63, 3.8) is 0 Å². The van der Waals surface area contributed by atoms with Gasteiger partial charge in [-0.1, -0.05) is 0 Å². The number of hydrogen-bond acceptors (Lipinski definition) is 3. The zero-order valence-electron chi connectivity index (χ0n) is 5.50. The van der Waals surface area contributed by atoms with E-state index in [2.05, 4.69) is 4.74 Å². The normalized spacial score (nSPS) is 14.1. The van der Waals surface area contributed by atoms with E-state index in [0.29, 0.717) is 0 Å². The number of rotatable bonds is 3. The van der Waals surface area contributed by atoms with Crippen LogP contribution in [0.3, 0.4) is 0 Å². The summed E-state index contributed by atoms with van der Waals surface area (Å²) in [5, 5.41) is 8.65. The van der Waals surface area contributed by atoms with Crippen LogP contribution in [0.15, 0.2) is 12.2 Å². The van der Waals surface area contributed by atoms with Gasteiger partial charge in [0, 0.05) is 7.11 Å². The molecule has 0 fully saturated rings. The van der Waals surface area contributed by atoms with Crippen LogP contribution in [0.1, 0.15) is 6.92 Å². The van der Waals surface area contributed by atoms with E-state index in [4.69, 9.17) is 5.11 Å². The Labute approximate surface area is 53.9 Å². The van der Waals surface area contributed by atoms with Crippen molar-refractivity contribution in [2.45, 2.75) is 13.2 Å². The number of carbonyl (C=O) groups is 1. The molecule has 9 heavy (non-hydrogen) atoms. The second-order valence-corrected chi connectivity index (χ2v) is 1.60. The van der Waals surface area contributed by atoms with Gasteiger partial charge in [0.25, 0.3) is 0 Å². The van der Waals surface area contributed by atoms with E-state index >= 15 is 0 Å². The smallest absolute Gasteiger partial charge is 0.174 e. The number of aliphatic hydroxyl groups is 1. The fourth-order valence-electron chi connectivity index (χ4n) is 0.296. The molecule has 3 nitrogen and oxygen atoms in total. The molecule has 0 aliphatic rings. The molecule has 0 heterocycles. The van der Waals surface area contributed by atoms with Gasteiger partial charge in [-0.25, -0.2) is 0 Å². The van der Waals surface area contributed by atoms with Gasteiger partial charge in [0.2, 0.25) is 0 Å². The highest BCUT2D eigenvalue weighted by atomic mass is 16.6. The molecule has 0 radical (unpaired) electrons. The zero-order valence-corrected chi connectivity index (χ0v) is 5.50. The third kappa shape index (κ3) is 5.20. The maximum atomic E-state index is 10.2. The van der Waals surface area contributed by atoms with E-state index in [1.807, 2.05) is 0 Å². The minimum Gasteiger partial charge on any atom is -0.365 e. The van der Waals surface area contributed by atoms with E-state index in [1.54, 1.807) is 0 Å². The van der Waals surface area contributed by atoms with Gasteiger partial charge in [-0.15, -0.1) is 0 Å². The molecule has 0 aliphatic heterocycles. The molecular formula is C6H10O3. The van der Waals surface area contributed by atoms with Crippen molar-refractivity contribution >= 4 is 5.78 Å². The average Bonchev–Trinajstić information content (AvgIpc) is 1.83. The Morgan fingerprint density at radius 1 is 1.78 bits per heavy atom. The van der Waals surface area contributed by atoms with E-state index in [-0.39, 0.29) is 5.78 Å². The predicted octanol–water partition coefficient (Wildman–Crippen LogP) is 0.0964. The quantitative estimate of drug-likeness (QED) is 0.435. The van der Waals surface area contributed by atoms with Gasteiger partial charge < -0.3 is 9.84 Å². The highest BCUT2D eigenvalue weighted by molar-refractivity contribution is 5.87. The number of aliphatic hydroxyl groups excluding tert-OH is 1. The molecule has 0 bridgehead atoms. The second-order valence-electron chi connectivity index (χ2n) is 1.60. The molecule has 0 saturated heterocycles. The lowest BCUT2D eigenvalue weighted by Crippen LogP contribution is -2.04. The number of carbonyl (C=O) groups excluding carboxylic acids is 1. The molecule has 0 amide bonds. The summed E-state index contributed by atoms with van der Waals surface area (Å²) in [6, 6.07) is 0. The zero-order chi connectivity index (χ0) is 7.28. The number of ether oxygens (including phenoxy) is 1. The summed E-state index contributed by atoms with van der Waals surface area (Å²) >= 11 is 0. The van der Waals surface area contributed by atoms with Crippen LogP contribution in [0.25, 0.3) is 0 Å². The molecule has 0 aliphatic carbocycles. The number of methoxy groups -OCH3 is 1. The molecule has 52 valence electrons. The SMILES string of the molecule is COC(O)/C=C\C(C)=O. The van der Waals surface area contributed by atoms with Gasteiger partial charge >= 0.3 is 0 Å². The molecule has 0 rings (SSSR count). The first-order valence-corrected chi connectivity index (χ1v) is 2.56. The summed E-state index contributed by atoms with van der Waals surface area (Å²) in [5.74, 6) is -0.105. The Hall–Kier alpha value is -0.670. The lowest BCUT2D eigenvalue weighted by Gasteiger charge is -1.98. The Kier molecular flexibility index (Phi) is 3.92. The van der Waals surface area contributed by atoms with Crippen molar-refractivity contribution in [1.82, 2.24) is 0 Å². The van der Waals surface area contributed by atoms with Crippen LogP contribution < -0.4 is 0 Å². The Morgan fingerprint density at radius 3 is 2.67 bits per heavy atom. The maximum absolute atomic E-state index is 10.2. The maximum Gasteiger partial charge on any atom is 0.174 e. The molecule has 1 N–H and O–H groups in total. The van der Waals surface area contributed by atoms with Crippen LogP contribution in [-0.4, -0.2) is 24.3 Å². The standard InChI is InChI=1S/C6H10O3/c1-5(7)3-4-6(8)9-2/h3-4,6,8H,1-2H3/b4-3-. The first-order valence-electron chi connectivity index (χ1n) is 2.56. The first kappa shape index (κ1) is 8.33. The number of allylic oxidation sites excluding steroid dienone is 1. The van der Waals surface area contributed by atoms with Gasteiger partial charge in [-0.2, -0.15) is 0 Å². The average molecular weight is 130 g/mol. The van der Waals surface area contributed by atoms with Gasteiger partial charge in [-0.05, 0) is 19.1 Å². The number of hydrogen-bond donors (Lipinski definition) is 1. The molecule has 0 saturated carbocycles. The van der Waals surface area contributed by atoms with Crippen LogP contribution in [0.5, 0.6) is 0 Å². The molecule has 1 unspecified atom stereocenters. The molecule has 0 aromatic carbocycles. The summed E-state index contributed by atoms with van der Waals surface area (Å²) in [4.78, 5) is 10.2. The third-order valence-corrected chi connectivity index (χ3v) is 0.737. The topological polar surface area (TPSA) is 46.5 Å². The summed E-state index contributed by atoms with van der Waals surface area (Å²) in [5.41, 5.74) is 0. The largest absolute Gasteiger partial charge is 0.365 e. The van der Waals surface area contributed by atoms with Crippen LogP contribution in [0, 0.1) is 0 Å². The highest BCUT2D eigenvalue weighted by Crippen LogP contribution is 1.85. The van der Waals surface area contributed by atoms with E-state index in [1.165, 1.54) is 26.2 Å². The monoisotopic (exact) mass is 130 g/mol. The second kappa shape index (κ2) is 4.23. The first-order chi connectivity index (χ1) is 4.16. The summed E-state index contributed by atoms with van der Waals surface area (Å²) in [6.45, 7) is 1.40. The summed E-state index contributed by atoms with van der Waals surface area (Å²) in [6.07, 6.45) is 1.57. The van der Waals surface area contributed by atoms with Crippen molar-refractivity contribution in [2.75, 3.05) is 7.11 Å².